The van der Waals surface area contributed by atoms with Gasteiger partial charge in [0, 0.05) is 0 Å². The van der Waals surface area contributed by atoms with Crippen molar-refractivity contribution < 1.29 is 9.53 Å². The van der Waals surface area contributed by atoms with Gasteiger partial charge in [-0.05, 0) is 85.6 Å². The molecule has 0 aromatic heterocycles. The summed E-state index contributed by atoms with van der Waals surface area (Å²) in [4.78, 5) is 12.9. The van der Waals surface area contributed by atoms with Crippen LogP contribution in [0, 0.1) is 23.2 Å². The SMILES string of the molecule is CCCCCCc1ccc(OC(=O)C2CCC(c3ccc(CC(C)CCCCC)cc3)CC2)c(C#N)c1. The highest BCUT2D eigenvalue weighted by Crippen LogP contribution is 2.37. The fraction of sp³-hybridized carbons (Fsp3) is 0.588. The average Bonchev–Trinajstić information content (AvgIpc) is 2.92. The first-order valence-electron chi connectivity index (χ1n) is 14.9. The predicted octanol–water partition coefficient (Wildman–Crippen LogP) is 9.32. The van der Waals surface area contributed by atoms with Crippen LogP contribution in [-0.4, -0.2) is 5.97 Å². The molecule has 1 atom stereocenters. The summed E-state index contributed by atoms with van der Waals surface area (Å²) in [5.74, 6) is 1.40. The molecule has 3 nitrogen and oxygen atoms in total. The second kappa shape index (κ2) is 15.6. The van der Waals surface area contributed by atoms with Crippen molar-refractivity contribution in [2.45, 2.75) is 117 Å². The Balaban J connectivity index is 1.47. The number of esters is 1. The van der Waals surface area contributed by atoms with Crippen LogP contribution in [0.4, 0.5) is 0 Å². The number of nitrogens with zero attached hydrogens (tertiary/aromatic N) is 1. The van der Waals surface area contributed by atoms with Gasteiger partial charge in [-0.1, -0.05) is 96.0 Å². The van der Waals surface area contributed by atoms with Gasteiger partial charge in [0.05, 0.1) is 11.5 Å². The summed E-state index contributed by atoms with van der Waals surface area (Å²) >= 11 is 0. The molecule has 37 heavy (non-hydrogen) atoms. The quantitative estimate of drug-likeness (QED) is 0.147. The molecule has 1 aliphatic carbocycles. The highest BCUT2D eigenvalue weighted by Gasteiger charge is 2.29. The van der Waals surface area contributed by atoms with Crippen LogP contribution in [0.3, 0.4) is 0 Å². The molecule has 3 heteroatoms. The summed E-state index contributed by atoms with van der Waals surface area (Å²) in [7, 11) is 0. The molecule has 0 heterocycles. The molecule has 0 N–H and O–H groups in total. The van der Waals surface area contributed by atoms with Crippen LogP contribution in [0.1, 0.15) is 126 Å². The van der Waals surface area contributed by atoms with Crippen LogP contribution in [-0.2, 0) is 17.6 Å². The highest BCUT2D eigenvalue weighted by molar-refractivity contribution is 5.76. The largest absolute Gasteiger partial charge is 0.425 e. The van der Waals surface area contributed by atoms with Gasteiger partial charge in [-0.3, -0.25) is 4.79 Å². The lowest BCUT2D eigenvalue weighted by atomic mass is 9.78. The first kappa shape index (κ1) is 29.0. The lowest BCUT2D eigenvalue weighted by molar-refractivity contribution is -0.140. The Bertz CT molecular complexity index is 995. The van der Waals surface area contributed by atoms with Crippen molar-refractivity contribution in [1.29, 1.82) is 5.26 Å². The second-order valence-electron chi connectivity index (χ2n) is 11.3. The van der Waals surface area contributed by atoms with Crippen LogP contribution in [0.5, 0.6) is 5.75 Å². The van der Waals surface area contributed by atoms with E-state index in [1.807, 2.05) is 18.2 Å². The summed E-state index contributed by atoms with van der Waals surface area (Å²) in [6, 6.07) is 17.2. The molecule has 2 aromatic rings. The third-order valence-electron chi connectivity index (χ3n) is 8.09. The van der Waals surface area contributed by atoms with Crippen molar-refractivity contribution in [3.05, 3.63) is 64.7 Å². The van der Waals surface area contributed by atoms with E-state index in [2.05, 4.69) is 51.1 Å². The van der Waals surface area contributed by atoms with Gasteiger partial charge in [-0.2, -0.15) is 5.26 Å². The number of aryl methyl sites for hydroxylation is 1. The topological polar surface area (TPSA) is 50.1 Å². The van der Waals surface area contributed by atoms with E-state index in [1.54, 1.807) is 0 Å². The summed E-state index contributed by atoms with van der Waals surface area (Å²) in [5, 5.41) is 9.61. The number of hydrogen-bond acceptors (Lipinski definition) is 3. The van der Waals surface area contributed by atoms with Crippen molar-refractivity contribution in [2.75, 3.05) is 0 Å². The summed E-state index contributed by atoms with van der Waals surface area (Å²) in [6.07, 6.45) is 15.9. The minimum absolute atomic E-state index is 0.0836. The van der Waals surface area contributed by atoms with Gasteiger partial charge < -0.3 is 4.74 Å². The highest BCUT2D eigenvalue weighted by atomic mass is 16.5. The number of rotatable bonds is 14. The molecule has 2 aromatic carbocycles. The van der Waals surface area contributed by atoms with Crippen LogP contribution < -0.4 is 4.74 Å². The Hall–Kier alpha value is -2.60. The van der Waals surface area contributed by atoms with Crippen molar-refractivity contribution in [2.24, 2.45) is 11.8 Å². The molecule has 0 aliphatic heterocycles. The van der Waals surface area contributed by atoms with Gasteiger partial charge in [0.2, 0.25) is 0 Å². The number of carbonyl (C=O) groups excluding carboxylic acids is 1. The number of hydrogen-bond donors (Lipinski definition) is 0. The van der Waals surface area contributed by atoms with E-state index in [0.717, 1.165) is 56.4 Å². The molecule has 0 amide bonds. The van der Waals surface area contributed by atoms with E-state index in [-0.39, 0.29) is 11.9 Å². The van der Waals surface area contributed by atoms with E-state index < -0.39 is 0 Å². The molecule has 1 unspecified atom stereocenters. The molecule has 0 spiro atoms. The van der Waals surface area contributed by atoms with Crippen LogP contribution >= 0.6 is 0 Å². The van der Waals surface area contributed by atoms with E-state index in [4.69, 9.17) is 4.74 Å². The van der Waals surface area contributed by atoms with Gasteiger partial charge in [-0.15, -0.1) is 0 Å². The maximum absolute atomic E-state index is 12.9. The molecule has 1 aliphatic rings. The number of carbonyl (C=O) groups is 1. The normalized spacial score (nSPS) is 18.2. The minimum atomic E-state index is -0.182. The predicted molar refractivity (Wildman–Crippen MR) is 153 cm³/mol. The Kier molecular flexibility index (Phi) is 12.2. The Morgan fingerprint density at radius 1 is 0.919 bits per heavy atom. The van der Waals surface area contributed by atoms with Crippen LogP contribution in [0.25, 0.3) is 0 Å². The zero-order valence-electron chi connectivity index (χ0n) is 23.4. The van der Waals surface area contributed by atoms with Gasteiger partial charge >= 0.3 is 5.97 Å². The Morgan fingerprint density at radius 3 is 2.27 bits per heavy atom. The lowest BCUT2D eigenvalue weighted by Crippen LogP contribution is -2.25. The van der Waals surface area contributed by atoms with Gasteiger partial charge in [0.1, 0.15) is 11.8 Å². The monoisotopic (exact) mass is 501 g/mol. The molecule has 0 radical (unpaired) electrons. The zero-order valence-corrected chi connectivity index (χ0v) is 23.4. The molecule has 0 saturated heterocycles. The second-order valence-corrected chi connectivity index (χ2v) is 11.3. The fourth-order valence-corrected chi connectivity index (χ4v) is 5.69. The average molecular weight is 502 g/mol. The summed E-state index contributed by atoms with van der Waals surface area (Å²) in [5.41, 5.74) is 4.44. The molecular formula is C34H47NO2. The molecule has 1 saturated carbocycles. The first-order chi connectivity index (χ1) is 18.0. The number of unbranched alkanes of at least 4 members (excludes halogenated alkanes) is 5. The number of ether oxygens (including phenoxy) is 1. The van der Waals surface area contributed by atoms with Crippen LogP contribution in [0.2, 0.25) is 0 Å². The smallest absolute Gasteiger partial charge is 0.314 e. The van der Waals surface area contributed by atoms with Crippen molar-refractivity contribution in [3.63, 3.8) is 0 Å². The Morgan fingerprint density at radius 2 is 1.59 bits per heavy atom. The summed E-state index contributed by atoms with van der Waals surface area (Å²) in [6.45, 7) is 6.84. The Labute approximate surface area is 225 Å². The van der Waals surface area contributed by atoms with Crippen LogP contribution in [0.15, 0.2) is 42.5 Å². The third kappa shape index (κ3) is 9.33. The van der Waals surface area contributed by atoms with E-state index in [0.29, 0.717) is 17.2 Å². The third-order valence-corrected chi connectivity index (χ3v) is 8.09. The fourth-order valence-electron chi connectivity index (χ4n) is 5.69. The van der Waals surface area contributed by atoms with E-state index in [1.165, 1.54) is 56.1 Å². The van der Waals surface area contributed by atoms with Gasteiger partial charge in [0.25, 0.3) is 0 Å². The minimum Gasteiger partial charge on any atom is -0.425 e. The molecule has 1 fully saturated rings. The van der Waals surface area contributed by atoms with Gasteiger partial charge in [-0.25, -0.2) is 0 Å². The summed E-state index contributed by atoms with van der Waals surface area (Å²) < 4.78 is 5.74. The lowest BCUT2D eigenvalue weighted by Gasteiger charge is -2.27. The number of benzene rings is 2. The van der Waals surface area contributed by atoms with E-state index >= 15 is 0 Å². The van der Waals surface area contributed by atoms with E-state index in [9.17, 15) is 10.1 Å². The number of nitriles is 1. The molecule has 200 valence electrons. The molecule has 0 bridgehead atoms. The van der Waals surface area contributed by atoms with Crippen molar-refractivity contribution in [3.8, 4) is 11.8 Å². The zero-order chi connectivity index (χ0) is 26.5. The standard InChI is InChI=1S/C34H47NO2/c1-4-6-8-10-12-27-15-22-33(32(24-27)25-35)37-34(36)31-20-18-30(19-21-31)29-16-13-28(14-17-29)23-26(3)11-9-7-5-2/h13-17,22,24,26,30-31H,4-12,18-21,23H2,1-3H3. The molecule has 3 rings (SSSR count). The van der Waals surface area contributed by atoms with Gasteiger partial charge in [0.15, 0.2) is 0 Å². The molecular weight excluding hydrogens is 454 g/mol. The maximum atomic E-state index is 12.9. The van der Waals surface area contributed by atoms with Crippen molar-refractivity contribution in [1.82, 2.24) is 0 Å². The van der Waals surface area contributed by atoms with Crippen molar-refractivity contribution >= 4 is 5.97 Å². The first-order valence-corrected chi connectivity index (χ1v) is 14.9. The maximum Gasteiger partial charge on any atom is 0.314 e.